The first-order chi connectivity index (χ1) is 7.54. The van der Waals surface area contributed by atoms with Crippen molar-refractivity contribution in [3.8, 4) is 0 Å². The zero-order chi connectivity index (χ0) is 12.1. The molecule has 0 spiro atoms. The normalized spacial score (nSPS) is 10.4. The highest BCUT2D eigenvalue weighted by atomic mass is 32.2. The number of halogens is 1. The lowest BCUT2D eigenvalue weighted by atomic mass is 10.1. The first kappa shape index (κ1) is 13.0. The van der Waals surface area contributed by atoms with E-state index >= 15 is 0 Å². The molecule has 2 nitrogen and oxygen atoms in total. The van der Waals surface area contributed by atoms with Crippen LogP contribution in [0.15, 0.2) is 17.0 Å². The molecule has 0 aromatic heterocycles. The maximum atomic E-state index is 13.5. The molecule has 0 saturated heterocycles. The van der Waals surface area contributed by atoms with Crippen LogP contribution in [-0.4, -0.2) is 17.3 Å². The largest absolute Gasteiger partial charge is 0.481 e. The second-order valence-corrected chi connectivity index (χ2v) is 4.51. The van der Waals surface area contributed by atoms with Gasteiger partial charge in [0.2, 0.25) is 0 Å². The number of aliphatic carboxylic acids is 1. The Labute approximate surface area is 98.9 Å². The van der Waals surface area contributed by atoms with Gasteiger partial charge in [0.1, 0.15) is 5.82 Å². The standard InChI is InChI=1S/C12H15FO2S/c1-8-6-10(13)9(7-11(8)16-2)4-3-5-12(14)15/h6-7H,3-5H2,1-2H3,(H,14,15). The van der Waals surface area contributed by atoms with Crippen LogP contribution in [0.3, 0.4) is 0 Å². The zero-order valence-electron chi connectivity index (χ0n) is 9.42. The van der Waals surface area contributed by atoms with Crippen LogP contribution >= 0.6 is 11.8 Å². The van der Waals surface area contributed by atoms with Gasteiger partial charge in [-0.15, -0.1) is 11.8 Å². The summed E-state index contributed by atoms with van der Waals surface area (Å²) in [6, 6.07) is 3.33. The molecule has 1 aromatic rings. The smallest absolute Gasteiger partial charge is 0.303 e. The molecule has 0 aliphatic carbocycles. The summed E-state index contributed by atoms with van der Waals surface area (Å²) >= 11 is 1.58. The number of hydrogen-bond donors (Lipinski definition) is 1. The van der Waals surface area contributed by atoms with Crippen molar-refractivity contribution in [1.29, 1.82) is 0 Å². The van der Waals surface area contributed by atoms with Crippen LogP contribution in [0.25, 0.3) is 0 Å². The van der Waals surface area contributed by atoms with Crippen LogP contribution in [0.1, 0.15) is 24.0 Å². The number of carboxylic acids is 1. The van der Waals surface area contributed by atoms with E-state index < -0.39 is 5.97 Å². The fourth-order valence-corrected chi connectivity index (χ4v) is 2.18. The lowest BCUT2D eigenvalue weighted by Gasteiger charge is -2.07. The van der Waals surface area contributed by atoms with Crippen molar-refractivity contribution >= 4 is 17.7 Å². The summed E-state index contributed by atoms with van der Waals surface area (Å²) in [4.78, 5) is 11.4. The van der Waals surface area contributed by atoms with E-state index in [0.29, 0.717) is 18.4 Å². The topological polar surface area (TPSA) is 37.3 Å². The van der Waals surface area contributed by atoms with E-state index in [1.54, 1.807) is 11.8 Å². The molecule has 0 fully saturated rings. The third-order valence-electron chi connectivity index (χ3n) is 2.40. The Kier molecular flexibility index (Phi) is 4.80. The second kappa shape index (κ2) is 5.89. The Hall–Kier alpha value is -1.03. The van der Waals surface area contributed by atoms with Gasteiger partial charge in [-0.05, 0) is 49.3 Å². The van der Waals surface area contributed by atoms with Gasteiger partial charge in [0.05, 0.1) is 0 Å². The van der Waals surface area contributed by atoms with Gasteiger partial charge in [-0.25, -0.2) is 4.39 Å². The summed E-state index contributed by atoms with van der Waals surface area (Å²) in [6.07, 6.45) is 2.98. The van der Waals surface area contributed by atoms with Crippen molar-refractivity contribution in [2.45, 2.75) is 31.1 Å². The minimum absolute atomic E-state index is 0.0852. The van der Waals surface area contributed by atoms with Gasteiger partial charge in [0, 0.05) is 11.3 Å². The Balaban J connectivity index is 2.75. The molecule has 0 radical (unpaired) electrons. The van der Waals surface area contributed by atoms with Crippen LogP contribution in [-0.2, 0) is 11.2 Å². The molecule has 0 saturated carbocycles. The summed E-state index contributed by atoms with van der Waals surface area (Å²) in [5.74, 6) is -1.07. The number of rotatable bonds is 5. The van der Waals surface area contributed by atoms with Crippen molar-refractivity contribution < 1.29 is 14.3 Å². The Morgan fingerprint density at radius 3 is 2.75 bits per heavy atom. The minimum Gasteiger partial charge on any atom is -0.481 e. The molecule has 4 heteroatoms. The Bertz CT molecular complexity index is 391. The van der Waals surface area contributed by atoms with Crippen molar-refractivity contribution in [3.05, 3.63) is 29.1 Å². The summed E-state index contributed by atoms with van der Waals surface area (Å²) in [5, 5.41) is 8.51. The number of hydrogen-bond acceptors (Lipinski definition) is 2. The molecule has 0 bridgehead atoms. The minimum atomic E-state index is -0.836. The van der Waals surface area contributed by atoms with E-state index in [9.17, 15) is 9.18 Å². The number of benzene rings is 1. The molecule has 1 N–H and O–H groups in total. The molecular formula is C12H15FO2S. The lowest BCUT2D eigenvalue weighted by molar-refractivity contribution is -0.137. The maximum Gasteiger partial charge on any atom is 0.303 e. The third kappa shape index (κ3) is 3.52. The van der Waals surface area contributed by atoms with E-state index in [2.05, 4.69) is 0 Å². The van der Waals surface area contributed by atoms with Gasteiger partial charge in [0.25, 0.3) is 0 Å². The van der Waals surface area contributed by atoms with E-state index in [0.717, 1.165) is 10.5 Å². The fraction of sp³-hybridized carbons (Fsp3) is 0.417. The molecule has 0 unspecified atom stereocenters. The van der Waals surface area contributed by atoms with Crippen LogP contribution in [0.2, 0.25) is 0 Å². The van der Waals surface area contributed by atoms with E-state index in [4.69, 9.17) is 5.11 Å². The highest BCUT2D eigenvalue weighted by molar-refractivity contribution is 7.98. The summed E-state index contributed by atoms with van der Waals surface area (Å²) < 4.78 is 13.5. The van der Waals surface area contributed by atoms with Crippen LogP contribution in [0.4, 0.5) is 4.39 Å². The van der Waals surface area contributed by atoms with Gasteiger partial charge in [-0.2, -0.15) is 0 Å². The molecule has 88 valence electrons. The Morgan fingerprint density at radius 2 is 2.19 bits per heavy atom. The number of carbonyl (C=O) groups is 1. The van der Waals surface area contributed by atoms with Crippen LogP contribution in [0.5, 0.6) is 0 Å². The highest BCUT2D eigenvalue weighted by Gasteiger charge is 2.07. The third-order valence-corrected chi connectivity index (χ3v) is 3.28. The van der Waals surface area contributed by atoms with E-state index in [1.165, 1.54) is 6.07 Å². The average molecular weight is 242 g/mol. The predicted octanol–water partition coefficient (Wildman–Crippen LogP) is 3.26. The second-order valence-electron chi connectivity index (χ2n) is 3.66. The quantitative estimate of drug-likeness (QED) is 0.805. The van der Waals surface area contributed by atoms with Crippen LogP contribution < -0.4 is 0 Å². The molecule has 0 heterocycles. The van der Waals surface area contributed by atoms with Crippen molar-refractivity contribution in [2.24, 2.45) is 0 Å². The average Bonchev–Trinajstić information content (AvgIpc) is 2.20. The van der Waals surface area contributed by atoms with Crippen LogP contribution in [0, 0.1) is 12.7 Å². The lowest BCUT2D eigenvalue weighted by Crippen LogP contribution is -1.98. The molecule has 1 aromatic carbocycles. The monoisotopic (exact) mass is 242 g/mol. The van der Waals surface area contributed by atoms with Gasteiger partial charge < -0.3 is 5.11 Å². The van der Waals surface area contributed by atoms with Crippen molar-refractivity contribution in [1.82, 2.24) is 0 Å². The summed E-state index contributed by atoms with van der Waals surface area (Å²) in [6.45, 7) is 1.87. The molecule has 0 amide bonds. The SMILES string of the molecule is CSc1cc(CCCC(=O)O)c(F)cc1C. The number of aryl methyl sites for hydroxylation is 2. The molecule has 0 aliphatic rings. The first-order valence-corrected chi connectivity index (χ1v) is 6.32. The van der Waals surface area contributed by atoms with Gasteiger partial charge >= 0.3 is 5.97 Å². The summed E-state index contributed by atoms with van der Waals surface area (Å²) in [5.41, 5.74) is 1.53. The predicted molar refractivity (Wildman–Crippen MR) is 63.5 cm³/mol. The van der Waals surface area contributed by atoms with Crippen molar-refractivity contribution in [3.63, 3.8) is 0 Å². The number of carboxylic acid groups (broad SMARTS) is 1. The summed E-state index contributed by atoms with van der Waals surface area (Å²) in [7, 11) is 0. The molecule has 0 aliphatic heterocycles. The maximum absolute atomic E-state index is 13.5. The van der Waals surface area contributed by atoms with Gasteiger partial charge in [-0.3, -0.25) is 4.79 Å². The van der Waals surface area contributed by atoms with Gasteiger partial charge in [-0.1, -0.05) is 0 Å². The van der Waals surface area contributed by atoms with E-state index in [-0.39, 0.29) is 12.2 Å². The van der Waals surface area contributed by atoms with Gasteiger partial charge in [0.15, 0.2) is 0 Å². The highest BCUT2D eigenvalue weighted by Crippen LogP contribution is 2.24. The Morgan fingerprint density at radius 1 is 1.50 bits per heavy atom. The first-order valence-electron chi connectivity index (χ1n) is 5.09. The zero-order valence-corrected chi connectivity index (χ0v) is 10.2. The number of thioether (sulfide) groups is 1. The molecule has 16 heavy (non-hydrogen) atoms. The molecular weight excluding hydrogens is 227 g/mol. The fourth-order valence-electron chi connectivity index (χ4n) is 1.54. The molecule has 1 rings (SSSR count). The molecule has 0 atom stereocenters. The van der Waals surface area contributed by atoms with E-state index in [1.807, 2.05) is 19.2 Å². The van der Waals surface area contributed by atoms with Crippen molar-refractivity contribution in [2.75, 3.05) is 6.26 Å².